The molecule has 0 heterocycles. The molecule has 0 radical (unpaired) electrons. The number of alkyl carbamates (subject to hydrolysis) is 1. The SMILES string of the molecule is CC(C)(C)OC(=O)NCc1cc(Br)c(F)cc1F. The van der Waals surface area contributed by atoms with Crippen LogP contribution in [0.3, 0.4) is 0 Å². The Labute approximate surface area is 113 Å². The van der Waals surface area contributed by atoms with E-state index in [0.29, 0.717) is 0 Å². The number of nitrogens with one attached hydrogen (secondary N) is 1. The predicted molar refractivity (Wildman–Crippen MR) is 67.1 cm³/mol. The van der Waals surface area contributed by atoms with Crippen molar-refractivity contribution in [2.45, 2.75) is 32.9 Å². The zero-order chi connectivity index (χ0) is 13.9. The Morgan fingerprint density at radius 2 is 1.94 bits per heavy atom. The van der Waals surface area contributed by atoms with Gasteiger partial charge in [0.2, 0.25) is 0 Å². The van der Waals surface area contributed by atoms with Gasteiger partial charge in [-0.25, -0.2) is 13.6 Å². The first kappa shape index (κ1) is 14.9. The lowest BCUT2D eigenvalue weighted by atomic mass is 10.2. The van der Waals surface area contributed by atoms with Gasteiger partial charge in [0.1, 0.15) is 17.2 Å². The van der Waals surface area contributed by atoms with Crippen LogP contribution in [0.15, 0.2) is 16.6 Å². The highest BCUT2D eigenvalue weighted by Crippen LogP contribution is 2.20. The second-order valence-electron chi connectivity index (χ2n) is 4.71. The van der Waals surface area contributed by atoms with E-state index in [1.165, 1.54) is 6.07 Å². The Morgan fingerprint density at radius 1 is 1.33 bits per heavy atom. The quantitative estimate of drug-likeness (QED) is 0.842. The lowest BCUT2D eigenvalue weighted by Gasteiger charge is -2.19. The van der Waals surface area contributed by atoms with Gasteiger partial charge < -0.3 is 10.1 Å². The Kier molecular flexibility index (Phi) is 4.67. The van der Waals surface area contributed by atoms with Gasteiger partial charge in [-0.3, -0.25) is 0 Å². The summed E-state index contributed by atoms with van der Waals surface area (Å²) in [6.07, 6.45) is -0.651. The van der Waals surface area contributed by atoms with Crippen LogP contribution in [0.25, 0.3) is 0 Å². The average Bonchev–Trinajstić information content (AvgIpc) is 2.19. The van der Waals surface area contributed by atoms with Crippen molar-refractivity contribution >= 4 is 22.0 Å². The first-order valence-electron chi connectivity index (χ1n) is 5.29. The fourth-order valence-corrected chi connectivity index (χ4v) is 1.57. The second-order valence-corrected chi connectivity index (χ2v) is 5.57. The third-order valence-corrected chi connectivity index (χ3v) is 2.52. The smallest absolute Gasteiger partial charge is 0.407 e. The van der Waals surface area contributed by atoms with E-state index in [0.717, 1.165) is 6.07 Å². The number of benzene rings is 1. The summed E-state index contributed by atoms with van der Waals surface area (Å²) in [5.74, 6) is -1.40. The molecular weight excluding hydrogens is 308 g/mol. The summed E-state index contributed by atoms with van der Waals surface area (Å²) in [5.41, 5.74) is -0.444. The third-order valence-electron chi connectivity index (χ3n) is 1.91. The summed E-state index contributed by atoms with van der Waals surface area (Å²) in [6, 6.07) is 2.04. The molecular formula is C12H14BrF2NO2. The monoisotopic (exact) mass is 321 g/mol. The second kappa shape index (κ2) is 5.65. The zero-order valence-corrected chi connectivity index (χ0v) is 11.9. The molecule has 0 aromatic heterocycles. The molecule has 0 atom stereocenters. The van der Waals surface area contributed by atoms with Crippen LogP contribution in [0.1, 0.15) is 26.3 Å². The van der Waals surface area contributed by atoms with Crippen molar-refractivity contribution in [1.82, 2.24) is 5.32 Å². The van der Waals surface area contributed by atoms with Crippen LogP contribution in [0.5, 0.6) is 0 Å². The minimum atomic E-state index is -0.716. The maximum atomic E-state index is 13.4. The molecule has 1 rings (SSSR count). The molecule has 1 amide bonds. The van der Waals surface area contributed by atoms with Gasteiger partial charge in [0.05, 0.1) is 4.47 Å². The first-order chi connectivity index (χ1) is 8.19. The van der Waals surface area contributed by atoms with Crippen LogP contribution in [0, 0.1) is 11.6 Å². The zero-order valence-electron chi connectivity index (χ0n) is 10.3. The number of carbonyl (C=O) groups is 1. The molecule has 0 aliphatic rings. The number of hydrogen-bond acceptors (Lipinski definition) is 2. The number of halogens is 3. The molecule has 0 spiro atoms. The van der Waals surface area contributed by atoms with Crippen molar-refractivity contribution in [3.05, 3.63) is 33.8 Å². The van der Waals surface area contributed by atoms with Crippen molar-refractivity contribution in [1.29, 1.82) is 0 Å². The maximum absolute atomic E-state index is 13.4. The molecule has 100 valence electrons. The maximum Gasteiger partial charge on any atom is 0.407 e. The van der Waals surface area contributed by atoms with Gasteiger partial charge >= 0.3 is 6.09 Å². The topological polar surface area (TPSA) is 38.3 Å². The van der Waals surface area contributed by atoms with Crippen LogP contribution in [-0.2, 0) is 11.3 Å². The van der Waals surface area contributed by atoms with Gasteiger partial charge in [-0.2, -0.15) is 0 Å². The van der Waals surface area contributed by atoms with E-state index in [4.69, 9.17) is 4.74 Å². The molecule has 0 saturated carbocycles. The molecule has 18 heavy (non-hydrogen) atoms. The van der Waals surface area contributed by atoms with E-state index >= 15 is 0 Å². The minimum absolute atomic E-state index is 0.0698. The van der Waals surface area contributed by atoms with Gasteiger partial charge in [0.15, 0.2) is 0 Å². The Hall–Kier alpha value is -1.17. The molecule has 0 aliphatic carbocycles. The molecule has 6 heteroatoms. The van der Waals surface area contributed by atoms with Gasteiger partial charge in [0.25, 0.3) is 0 Å². The lowest BCUT2D eigenvalue weighted by Crippen LogP contribution is -2.32. The summed E-state index contributed by atoms with van der Waals surface area (Å²) in [5, 5.41) is 2.40. The average molecular weight is 322 g/mol. The summed E-state index contributed by atoms with van der Waals surface area (Å²) >= 11 is 2.95. The molecule has 3 nitrogen and oxygen atoms in total. The number of amides is 1. The normalized spacial score (nSPS) is 11.2. The minimum Gasteiger partial charge on any atom is -0.444 e. The van der Waals surface area contributed by atoms with Crippen LogP contribution in [-0.4, -0.2) is 11.7 Å². The molecule has 0 fully saturated rings. The summed E-state index contributed by atoms with van der Waals surface area (Å²) in [4.78, 5) is 11.4. The fraction of sp³-hybridized carbons (Fsp3) is 0.417. The Bertz CT molecular complexity index is 458. The molecule has 0 unspecified atom stereocenters. The van der Waals surface area contributed by atoms with Gasteiger partial charge in [-0.1, -0.05) is 0 Å². The van der Waals surface area contributed by atoms with Crippen LogP contribution < -0.4 is 5.32 Å². The highest BCUT2D eigenvalue weighted by Gasteiger charge is 2.16. The summed E-state index contributed by atoms with van der Waals surface area (Å²) < 4.78 is 31.5. The number of ether oxygens (including phenoxy) is 1. The predicted octanol–water partition coefficient (Wildman–Crippen LogP) is 3.75. The van der Waals surface area contributed by atoms with Crippen molar-refractivity contribution in [3.63, 3.8) is 0 Å². The molecule has 0 saturated heterocycles. The van der Waals surface area contributed by atoms with Crippen molar-refractivity contribution < 1.29 is 18.3 Å². The number of rotatable bonds is 2. The Balaban J connectivity index is 2.64. The van der Waals surface area contributed by atoms with Gasteiger partial charge in [0, 0.05) is 18.2 Å². The van der Waals surface area contributed by atoms with Crippen molar-refractivity contribution in [3.8, 4) is 0 Å². The third kappa shape index (κ3) is 4.60. The van der Waals surface area contributed by atoms with E-state index in [9.17, 15) is 13.6 Å². The van der Waals surface area contributed by atoms with Crippen LogP contribution >= 0.6 is 15.9 Å². The van der Waals surface area contributed by atoms with E-state index in [-0.39, 0.29) is 16.6 Å². The standard InChI is InChI=1S/C12H14BrF2NO2/c1-12(2,3)18-11(17)16-6-7-4-8(13)10(15)5-9(7)14/h4-5H,6H2,1-3H3,(H,16,17). The largest absolute Gasteiger partial charge is 0.444 e. The Morgan fingerprint density at radius 3 is 2.50 bits per heavy atom. The highest BCUT2D eigenvalue weighted by molar-refractivity contribution is 9.10. The molecule has 1 aromatic carbocycles. The van der Waals surface area contributed by atoms with Crippen molar-refractivity contribution in [2.24, 2.45) is 0 Å². The van der Waals surface area contributed by atoms with E-state index in [1.54, 1.807) is 20.8 Å². The lowest BCUT2D eigenvalue weighted by molar-refractivity contribution is 0.0523. The first-order valence-corrected chi connectivity index (χ1v) is 6.08. The van der Waals surface area contributed by atoms with Gasteiger partial charge in [-0.15, -0.1) is 0 Å². The van der Waals surface area contributed by atoms with Crippen LogP contribution in [0.2, 0.25) is 0 Å². The molecule has 0 bridgehead atoms. The van der Waals surface area contributed by atoms with E-state index in [1.807, 2.05) is 0 Å². The number of hydrogen-bond donors (Lipinski definition) is 1. The summed E-state index contributed by atoms with van der Waals surface area (Å²) in [7, 11) is 0. The van der Waals surface area contributed by atoms with E-state index in [2.05, 4.69) is 21.2 Å². The molecule has 0 aliphatic heterocycles. The number of carbonyl (C=O) groups excluding carboxylic acids is 1. The fourth-order valence-electron chi connectivity index (χ4n) is 1.18. The summed E-state index contributed by atoms with van der Waals surface area (Å²) in [6.45, 7) is 5.10. The molecule has 1 N–H and O–H groups in total. The van der Waals surface area contributed by atoms with E-state index < -0.39 is 23.3 Å². The van der Waals surface area contributed by atoms with Crippen LogP contribution in [0.4, 0.5) is 13.6 Å². The highest BCUT2D eigenvalue weighted by atomic mass is 79.9. The van der Waals surface area contributed by atoms with Crippen molar-refractivity contribution in [2.75, 3.05) is 0 Å². The molecule has 1 aromatic rings. The van der Waals surface area contributed by atoms with Gasteiger partial charge in [-0.05, 0) is 42.8 Å².